The number of H-pyrrole nitrogens is 1. The average molecular weight is 424 g/mol. The van der Waals surface area contributed by atoms with Gasteiger partial charge in [0, 0.05) is 11.6 Å². The molecule has 0 fully saturated rings. The number of nitro benzene ring substituents is 1. The summed E-state index contributed by atoms with van der Waals surface area (Å²) in [4.78, 5) is 25.1. The maximum atomic E-state index is 11.6. The predicted octanol–water partition coefficient (Wildman–Crippen LogP) is 2.72. The molecule has 11 heteroatoms. The molecule has 0 unspecified atom stereocenters. The Hall–Kier alpha value is -4.28. The van der Waals surface area contributed by atoms with Crippen LogP contribution in [0, 0.1) is 24.0 Å². The van der Waals surface area contributed by atoms with E-state index in [1.807, 2.05) is 31.2 Å². The van der Waals surface area contributed by atoms with E-state index in [1.165, 1.54) is 26.3 Å². The van der Waals surface area contributed by atoms with Crippen LogP contribution >= 0.6 is 0 Å². The number of benzene rings is 2. The second kappa shape index (κ2) is 9.48. The number of aryl methyl sites for hydroxylation is 2. The number of aromatic nitrogens is 3. The van der Waals surface area contributed by atoms with Crippen LogP contribution in [0.1, 0.15) is 22.4 Å². The molecule has 0 amide bonds. The Balaban J connectivity index is 1.84. The standard InChI is InChI=1S/C20H20N6O5/c1-12-6-4-5-7-15(12)11-31-18-16(26(28)29)8-14(9-17(18)30-3)10-21-24-20-22-19(27)13(2)23-25-20/h4-10H,11H2,1-3H3,(H2,22,24,25,27)/b21-10+. The topological polar surface area (TPSA) is 145 Å². The van der Waals surface area contributed by atoms with Gasteiger partial charge in [-0.05, 0) is 31.0 Å². The van der Waals surface area contributed by atoms with Crippen molar-refractivity contribution in [2.24, 2.45) is 5.10 Å². The van der Waals surface area contributed by atoms with Crippen LogP contribution in [-0.4, -0.2) is 33.4 Å². The van der Waals surface area contributed by atoms with Crippen molar-refractivity contribution in [3.05, 3.63) is 79.3 Å². The van der Waals surface area contributed by atoms with Gasteiger partial charge < -0.3 is 9.47 Å². The largest absolute Gasteiger partial charge is 0.493 e. The molecule has 1 aromatic heterocycles. The lowest BCUT2D eigenvalue weighted by atomic mass is 10.1. The first-order chi connectivity index (χ1) is 14.9. The van der Waals surface area contributed by atoms with E-state index < -0.39 is 10.5 Å². The minimum absolute atomic E-state index is 0.0228. The fourth-order valence-corrected chi connectivity index (χ4v) is 2.65. The van der Waals surface area contributed by atoms with Crippen LogP contribution in [0.15, 0.2) is 46.3 Å². The molecule has 0 saturated carbocycles. The van der Waals surface area contributed by atoms with Gasteiger partial charge in [-0.15, -0.1) is 10.2 Å². The third-order valence-electron chi connectivity index (χ3n) is 4.35. The Morgan fingerprint density at radius 1 is 1.26 bits per heavy atom. The SMILES string of the molecule is COc1cc(/C=N/Nc2nnc(C)c(=O)[nH]2)cc([N+](=O)[O-])c1OCc1ccccc1C. The van der Waals surface area contributed by atoms with Crippen molar-refractivity contribution in [3.8, 4) is 11.5 Å². The smallest absolute Gasteiger partial charge is 0.315 e. The summed E-state index contributed by atoms with van der Waals surface area (Å²) in [5.74, 6) is 0.244. The lowest BCUT2D eigenvalue weighted by Crippen LogP contribution is -2.15. The number of hydrazone groups is 1. The van der Waals surface area contributed by atoms with E-state index in [0.717, 1.165) is 11.1 Å². The highest BCUT2D eigenvalue weighted by atomic mass is 16.6. The number of hydrogen-bond acceptors (Lipinski definition) is 9. The molecule has 0 aliphatic heterocycles. The van der Waals surface area contributed by atoms with Crippen LogP contribution in [0.5, 0.6) is 11.5 Å². The molecule has 2 aromatic carbocycles. The molecule has 0 saturated heterocycles. The van der Waals surface area contributed by atoms with Crippen LogP contribution in [0.4, 0.5) is 11.6 Å². The summed E-state index contributed by atoms with van der Waals surface area (Å²) >= 11 is 0. The van der Waals surface area contributed by atoms with E-state index in [9.17, 15) is 14.9 Å². The van der Waals surface area contributed by atoms with Crippen molar-refractivity contribution in [1.82, 2.24) is 15.2 Å². The van der Waals surface area contributed by atoms with Crippen molar-refractivity contribution >= 4 is 17.9 Å². The highest BCUT2D eigenvalue weighted by Gasteiger charge is 2.22. The van der Waals surface area contributed by atoms with Gasteiger partial charge in [-0.3, -0.25) is 19.9 Å². The van der Waals surface area contributed by atoms with Crippen molar-refractivity contribution < 1.29 is 14.4 Å². The molecule has 0 bridgehead atoms. The molecule has 3 rings (SSSR count). The first-order valence-corrected chi connectivity index (χ1v) is 9.15. The van der Waals surface area contributed by atoms with Crippen molar-refractivity contribution in [1.29, 1.82) is 0 Å². The number of aromatic amines is 1. The lowest BCUT2D eigenvalue weighted by molar-refractivity contribution is -0.386. The highest BCUT2D eigenvalue weighted by molar-refractivity contribution is 5.83. The Morgan fingerprint density at radius 3 is 2.71 bits per heavy atom. The molecular formula is C20H20N6O5. The number of nitrogens with one attached hydrogen (secondary N) is 2. The summed E-state index contributed by atoms with van der Waals surface area (Å²) in [7, 11) is 1.39. The minimum atomic E-state index is -0.552. The highest BCUT2D eigenvalue weighted by Crippen LogP contribution is 2.38. The van der Waals surface area contributed by atoms with Crippen LogP contribution < -0.4 is 20.5 Å². The van der Waals surface area contributed by atoms with Gasteiger partial charge in [-0.25, -0.2) is 5.43 Å². The number of ether oxygens (including phenoxy) is 2. The summed E-state index contributed by atoms with van der Waals surface area (Å²) in [6, 6.07) is 10.5. The van der Waals surface area contributed by atoms with Crippen molar-refractivity contribution in [2.45, 2.75) is 20.5 Å². The van der Waals surface area contributed by atoms with E-state index in [-0.39, 0.29) is 35.4 Å². The third kappa shape index (κ3) is 5.21. The van der Waals surface area contributed by atoms with E-state index in [1.54, 1.807) is 6.07 Å². The van der Waals surface area contributed by atoms with Crippen molar-refractivity contribution in [2.75, 3.05) is 12.5 Å². The molecule has 1 heterocycles. The molecule has 11 nitrogen and oxygen atoms in total. The number of anilines is 1. The maximum Gasteiger partial charge on any atom is 0.315 e. The zero-order valence-electron chi connectivity index (χ0n) is 17.1. The van der Waals surface area contributed by atoms with Gasteiger partial charge in [-0.1, -0.05) is 24.3 Å². The van der Waals surface area contributed by atoms with Gasteiger partial charge in [0.1, 0.15) is 12.3 Å². The molecule has 160 valence electrons. The number of nitrogens with zero attached hydrogens (tertiary/aromatic N) is 4. The third-order valence-corrected chi connectivity index (χ3v) is 4.35. The molecule has 0 aliphatic carbocycles. The Labute approximate surface area is 176 Å². The molecule has 0 aliphatic rings. The number of hydrogen-bond donors (Lipinski definition) is 2. The quantitative estimate of drug-likeness (QED) is 0.319. The molecule has 0 radical (unpaired) electrons. The van der Waals surface area contributed by atoms with Gasteiger partial charge in [0.2, 0.25) is 11.7 Å². The second-order valence-corrected chi connectivity index (χ2v) is 6.50. The second-order valence-electron chi connectivity index (χ2n) is 6.50. The normalized spacial score (nSPS) is 10.8. The fourth-order valence-electron chi connectivity index (χ4n) is 2.65. The van der Waals surface area contributed by atoms with E-state index in [4.69, 9.17) is 9.47 Å². The van der Waals surface area contributed by atoms with Crippen LogP contribution in [0.3, 0.4) is 0 Å². The Kier molecular flexibility index (Phi) is 6.55. The van der Waals surface area contributed by atoms with Gasteiger partial charge in [-0.2, -0.15) is 5.10 Å². The summed E-state index contributed by atoms with van der Waals surface area (Å²) in [5, 5.41) is 23.0. The summed E-state index contributed by atoms with van der Waals surface area (Å²) in [6.07, 6.45) is 1.32. The van der Waals surface area contributed by atoms with E-state index in [2.05, 4.69) is 25.7 Å². The van der Waals surface area contributed by atoms with Gasteiger partial charge in [0.05, 0.1) is 18.2 Å². The minimum Gasteiger partial charge on any atom is -0.493 e. The van der Waals surface area contributed by atoms with Crippen LogP contribution in [-0.2, 0) is 6.61 Å². The number of rotatable bonds is 8. The molecule has 0 atom stereocenters. The van der Waals surface area contributed by atoms with Crippen LogP contribution in [0.25, 0.3) is 0 Å². The Bertz CT molecular complexity index is 1190. The van der Waals surface area contributed by atoms with Crippen LogP contribution in [0.2, 0.25) is 0 Å². The lowest BCUT2D eigenvalue weighted by Gasteiger charge is -2.13. The maximum absolute atomic E-state index is 11.6. The first kappa shape index (κ1) is 21.4. The molecule has 0 spiro atoms. The average Bonchev–Trinajstić information content (AvgIpc) is 2.75. The zero-order chi connectivity index (χ0) is 22.4. The summed E-state index contributed by atoms with van der Waals surface area (Å²) in [6.45, 7) is 3.61. The number of methoxy groups -OCH3 is 1. The van der Waals surface area contributed by atoms with Gasteiger partial charge >= 0.3 is 5.69 Å². The number of nitro groups is 1. The molecule has 3 aromatic rings. The zero-order valence-corrected chi connectivity index (χ0v) is 17.1. The van der Waals surface area contributed by atoms with Crippen molar-refractivity contribution in [3.63, 3.8) is 0 Å². The van der Waals surface area contributed by atoms with E-state index >= 15 is 0 Å². The Morgan fingerprint density at radius 2 is 2.03 bits per heavy atom. The monoisotopic (exact) mass is 424 g/mol. The van der Waals surface area contributed by atoms with Gasteiger partial charge in [0.25, 0.3) is 5.56 Å². The fraction of sp³-hybridized carbons (Fsp3) is 0.200. The molecule has 31 heavy (non-hydrogen) atoms. The van der Waals surface area contributed by atoms with Gasteiger partial charge in [0.15, 0.2) is 5.75 Å². The summed E-state index contributed by atoms with van der Waals surface area (Å²) in [5.41, 5.74) is 4.35. The first-order valence-electron chi connectivity index (χ1n) is 9.15. The molecule has 2 N–H and O–H groups in total. The van der Waals surface area contributed by atoms with E-state index in [0.29, 0.717) is 5.56 Å². The summed E-state index contributed by atoms with van der Waals surface area (Å²) < 4.78 is 11.1. The predicted molar refractivity (Wildman–Crippen MR) is 114 cm³/mol. The molecular weight excluding hydrogens is 404 g/mol.